The number of fused-ring (bicyclic) bond motifs is 3. The summed E-state index contributed by atoms with van der Waals surface area (Å²) in [6, 6.07) is 21.7. The van der Waals surface area contributed by atoms with Crippen LogP contribution in [0.15, 0.2) is 83.5 Å². The molecule has 2 aliphatic heterocycles. The molecule has 33 heavy (non-hydrogen) atoms. The van der Waals surface area contributed by atoms with Gasteiger partial charge in [-0.3, -0.25) is 0 Å². The molecule has 0 fully saturated rings. The summed E-state index contributed by atoms with van der Waals surface area (Å²) in [5.41, 5.74) is 3.94. The van der Waals surface area contributed by atoms with Gasteiger partial charge in [-0.15, -0.1) is 5.10 Å². The molecule has 4 aromatic rings. The predicted molar refractivity (Wildman–Crippen MR) is 128 cm³/mol. The Bertz CT molecular complexity index is 1400. The first-order valence-corrected chi connectivity index (χ1v) is 12.0. The molecule has 2 aliphatic rings. The molecule has 3 aromatic carbocycles. The second-order valence-electron chi connectivity index (χ2n) is 7.80. The zero-order valence-electron chi connectivity index (χ0n) is 17.5. The molecule has 0 saturated carbocycles. The number of ether oxygens (including phenoxy) is 1. The van der Waals surface area contributed by atoms with Crippen LogP contribution in [0.2, 0.25) is 5.02 Å². The lowest BCUT2D eigenvalue weighted by Gasteiger charge is -2.39. The van der Waals surface area contributed by atoms with Crippen molar-refractivity contribution in [3.05, 3.63) is 106 Å². The van der Waals surface area contributed by atoms with Crippen molar-refractivity contribution in [1.29, 1.82) is 0 Å². The summed E-state index contributed by atoms with van der Waals surface area (Å²) < 4.78 is 23.5. The molecule has 0 aliphatic carbocycles. The van der Waals surface area contributed by atoms with Crippen LogP contribution < -0.4 is 10.1 Å². The Morgan fingerprint density at radius 1 is 1.06 bits per heavy atom. The normalized spacial score (nSPS) is 18.6. The number of halogens is 2. The maximum absolute atomic E-state index is 15.2. The lowest BCUT2D eigenvalue weighted by atomic mass is 9.84. The number of aromatic nitrogens is 3. The summed E-state index contributed by atoms with van der Waals surface area (Å²) in [5, 5.41) is 9.32. The Morgan fingerprint density at radius 3 is 2.64 bits per heavy atom. The molecule has 0 bridgehead atoms. The fourth-order valence-corrected chi connectivity index (χ4v) is 4.99. The van der Waals surface area contributed by atoms with Gasteiger partial charge < -0.3 is 10.1 Å². The Labute approximate surface area is 199 Å². The van der Waals surface area contributed by atoms with Crippen molar-refractivity contribution in [1.82, 2.24) is 14.8 Å². The van der Waals surface area contributed by atoms with Crippen molar-refractivity contribution in [2.24, 2.45) is 0 Å². The van der Waals surface area contributed by atoms with Crippen LogP contribution in [-0.2, 0) is 0 Å². The van der Waals surface area contributed by atoms with Gasteiger partial charge in [0.2, 0.25) is 11.1 Å². The first kappa shape index (κ1) is 20.3. The van der Waals surface area contributed by atoms with Crippen molar-refractivity contribution in [3.8, 4) is 5.75 Å². The van der Waals surface area contributed by atoms with Gasteiger partial charge >= 0.3 is 0 Å². The second-order valence-corrected chi connectivity index (χ2v) is 9.00. The van der Waals surface area contributed by atoms with Crippen LogP contribution in [0.3, 0.4) is 0 Å². The zero-order chi connectivity index (χ0) is 22.5. The molecule has 8 heteroatoms. The lowest BCUT2D eigenvalue weighted by molar-refractivity contribution is 0.222. The topological polar surface area (TPSA) is 52.0 Å². The number of hydrogen-bond acceptors (Lipinski definition) is 5. The van der Waals surface area contributed by atoms with Gasteiger partial charge in [0.25, 0.3) is 0 Å². The van der Waals surface area contributed by atoms with E-state index in [-0.39, 0.29) is 5.82 Å². The maximum atomic E-state index is 15.2. The average Bonchev–Trinajstić information content (AvgIpc) is 3.26. The highest BCUT2D eigenvalue weighted by molar-refractivity contribution is 7.98. The molecule has 1 aromatic heterocycles. The average molecular weight is 477 g/mol. The molecule has 6 rings (SSSR count). The monoisotopic (exact) mass is 476 g/mol. The first-order chi connectivity index (χ1) is 16.1. The van der Waals surface area contributed by atoms with Gasteiger partial charge in [-0.2, -0.15) is 4.98 Å². The van der Waals surface area contributed by atoms with Gasteiger partial charge in [0.05, 0.1) is 5.70 Å². The van der Waals surface area contributed by atoms with Crippen LogP contribution in [0, 0.1) is 5.82 Å². The zero-order valence-corrected chi connectivity index (χ0v) is 19.1. The van der Waals surface area contributed by atoms with Crippen LogP contribution >= 0.6 is 23.4 Å². The number of anilines is 1. The summed E-state index contributed by atoms with van der Waals surface area (Å²) in [7, 11) is 0. The van der Waals surface area contributed by atoms with Crippen molar-refractivity contribution >= 4 is 35.0 Å². The van der Waals surface area contributed by atoms with Gasteiger partial charge in [-0.1, -0.05) is 71.9 Å². The van der Waals surface area contributed by atoms with Crippen molar-refractivity contribution in [2.45, 2.75) is 17.3 Å². The lowest BCUT2D eigenvalue weighted by Crippen LogP contribution is -2.32. The summed E-state index contributed by atoms with van der Waals surface area (Å²) >= 11 is 7.80. The van der Waals surface area contributed by atoms with E-state index in [2.05, 4.69) is 15.4 Å². The minimum Gasteiger partial charge on any atom is -0.480 e. The molecule has 3 heterocycles. The van der Waals surface area contributed by atoms with E-state index in [1.807, 2.05) is 54.8 Å². The van der Waals surface area contributed by atoms with E-state index in [1.165, 1.54) is 17.8 Å². The Hall–Kier alpha value is -3.29. The highest BCUT2D eigenvalue weighted by Gasteiger charge is 2.42. The minimum atomic E-state index is -0.553. The van der Waals surface area contributed by atoms with E-state index < -0.39 is 12.1 Å². The van der Waals surface area contributed by atoms with Crippen molar-refractivity contribution < 1.29 is 9.13 Å². The standard InChI is InChI=1S/C25H18ClFN4OS/c1-33-25-29-24-28-21-17-13-15(26)11-12-19(17)32-23(14-7-3-2-4-8-14)20(21)22(31(24)30-25)16-9-5-6-10-18(16)27/h2-13,22-23H,1H3,(H,28,29,30). The second kappa shape index (κ2) is 7.93. The highest BCUT2D eigenvalue weighted by Crippen LogP contribution is 2.51. The van der Waals surface area contributed by atoms with E-state index in [9.17, 15) is 0 Å². The minimum absolute atomic E-state index is 0.313. The van der Waals surface area contributed by atoms with Crippen molar-refractivity contribution in [2.75, 3.05) is 11.6 Å². The van der Waals surface area contributed by atoms with E-state index in [1.54, 1.807) is 22.9 Å². The molecular weight excluding hydrogens is 459 g/mol. The van der Waals surface area contributed by atoms with Crippen LogP contribution in [-0.4, -0.2) is 21.0 Å². The molecule has 5 nitrogen and oxygen atoms in total. The number of benzene rings is 3. The summed E-state index contributed by atoms with van der Waals surface area (Å²) in [4.78, 5) is 4.63. The number of nitrogens with one attached hydrogen (secondary N) is 1. The molecule has 0 amide bonds. The van der Waals surface area contributed by atoms with Gasteiger partial charge in [0, 0.05) is 21.7 Å². The van der Waals surface area contributed by atoms with Crippen LogP contribution in [0.1, 0.15) is 28.8 Å². The van der Waals surface area contributed by atoms with Crippen LogP contribution in [0.4, 0.5) is 10.3 Å². The molecule has 164 valence electrons. The molecule has 1 N–H and O–H groups in total. The van der Waals surface area contributed by atoms with Gasteiger partial charge in [0.1, 0.15) is 23.7 Å². The van der Waals surface area contributed by atoms with Crippen LogP contribution in [0.5, 0.6) is 5.75 Å². The molecule has 0 saturated heterocycles. The first-order valence-electron chi connectivity index (χ1n) is 10.4. The molecule has 2 atom stereocenters. The number of hydrogen-bond donors (Lipinski definition) is 1. The van der Waals surface area contributed by atoms with Gasteiger partial charge in [-0.25, -0.2) is 9.07 Å². The number of rotatable bonds is 3. The highest BCUT2D eigenvalue weighted by atomic mass is 35.5. The Kier molecular flexibility index (Phi) is 4.89. The molecule has 0 radical (unpaired) electrons. The third-order valence-electron chi connectivity index (χ3n) is 5.90. The van der Waals surface area contributed by atoms with E-state index >= 15 is 4.39 Å². The van der Waals surface area contributed by atoms with Gasteiger partial charge in [-0.05, 0) is 36.1 Å². The van der Waals surface area contributed by atoms with E-state index in [0.717, 1.165) is 22.4 Å². The number of thioether (sulfide) groups is 1. The van der Waals surface area contributed by atoms with Crippen LogP contribution in [0.25, 0.3) is 5.70 Å². The third kappa shape index (κ3) is 3.31. The molecular formula is C25H18ClFN4OS. The maximum Gasteiger partial charge on any atom is 0.227 e. The predicted octanol–water partition coefficient (Wildman–Crippen LogP) is 6.35. The fraction of sp³-hybridized carbons (Fsp3) is 0.120. The third-order valence-corrected chi connectivity index (χ3v) is 6.67. The van der Waals surface area contributed by atoms with E-state index in [4.69, 9.17) is 16.3 Å². The molecule has 2 unspecified atom stereocenters. The van der Waals surface area contributed by atoms with Gasteiger partial charge in [0.15, 0.2) is 0 Å². The summed E-state index contributed by atoms with van der Waals surface area (Å²) in [6.45, 7) is 0. The Morgan fingerprint density at radius 2 is 1.85 bits per heavy atom. The fourth-order valence-electron chi connectivity index (χ4n) is 4.47. The molecule has 0 spiro atoms. The largest absolute Gasteiger partial charge is 0.480 e. The SMILES string of the molecule is CSc1nc2n(n1)C(c1ccccc1F)C1=C(N2)c2cc(Cl)ccc2OC1c1ccccc1. The smallest absolute Gasteiger partial charge is 0.227 e. The number of nitrogens with zero attached hydrogens (tertiary/aromatic N) is 3. The summed E-state index contributed by atoms with van der Waals surface area (Å²) in [5.74, 6) is 0.933. The van der Waals surface area contributed by atoms with Crippen molar-refractivity contribution in [3.63, 3.8) is 0 Å². The summed E-state index contributed by atoms with van der Waals surface area (Å²) in [6.07, 6.45) is 1.46. The van der Waals surface area contributed by atoms with E-state index in [0.29, 0.717) is 27.4 Å². The Balaban J connectivity index is 1.67. The quantitative estimate of drug-likeness (QED) is 0.349.